The molecule has 0 fully saturated rings. The summed E-state index contributed by atoms with van der Waals surface area (Å²) in [5.41, 5.74) is 3.41. The van der Waals surface area contributed by atoms with Crippen molar-refractivity contribution in [1.82, 2.24) is 14.4 Å². The lowest BCUT2D eigenvalue weighted by Crippen LogP contribution is -2.15. The number of fused-ring (bicyclic) bond motifs is 1. The first-order chi connectivity index (χ1) is 16.2. The van der Waals surface area contributed by atoms with Gasteiger partial charge in [-0.05, 0) is 18.2 Å². The number of anilines is 1. The summed E-state index contributed by atoms with van der Waals surface area (Å²) in [6, 6.07) is 20.8. The first kappa shape index (κ1) is 20.7. The van der Waals surface area contributed by atoms with Gasteiger partial charge in [-0.2, -0.15) is 0 Å². The fourth-order valence-corrected chi connectivity index (χ4v) is 4.28. The van der Waals surface area contributed by atoms with Crippen molar-refractivity contribution >= 4 is 27.9 Å². The molecule has 5 rings (SSSR count). The normalized spacial score (nSPS) is 10.8. The van der Waals surface area contributed by atoms with Crippen LogP contribution in [0.15, 0.2) is 84.5 Å². The Bertz CT molecular complexity index is 1390. The Labute approximate surface area is 194 Å². The summed E-state index contributed by atoms with van der Waals surface area (Å²) in [6.45, 7) is 0. The number of carbonyl (C=O) groups excluding carboxylic acids is 1. The molecular formula is C25H20N4O3S. The Morgan fingerprint density at radius 3 is 2.58 bits per heavy atom. The molecule has 1 amide bonds. The zero-order chi connectivity index (χ0) is 22.6. The Morgan fingerprint density at radius 2 is 1.82 bits per heavy atom. The lowest BCUT2D eigenvalue weighted by Gasteiger charge is -2.10. The Morgan fingerprint density at radius 1 is 1.03 bits per heavy atom. The zero-order valence-corrected chi connectivity index (χ0v) is 18.6. The highest BCUT2D eigenvalue weighted by Gasteiger charge is 2.13. The molecule has 0 saturated heterocycles. The third-order valence-electron chi connectivity index (χ3n) is 5.00. The summed E-state index contributed by atoms with van der Waals surface area (Å²) in [4.78, 5) is 22.5. The monoisotopic (exact) mass is 456 g/mol. The van der Waals surface area contributed by atoms with E-state index < -0.39 is 0 Å². The predicted octanol–water partition coefficient (Wildman–Crippen LogP) is 5.44. The van der Waals surface area contributed by atoms with E-state index in [4.69, 9.17) is 9.47 Å². The minimum atomic E-state index is -0.134. The Hall–Kier alpha value is -4.17. The van der Waals surface area contributed by atoms with Crippen LogP contribution in [0.2, 0.25) is 0 Å². The van der Waals surface area contributed by atoms with Crippen molar-refractivity contribution in [3.8, 4) is 28.6 Å². The second-order valence-corrected chi connectivity index (χ2v) is 8.07. The minimum Gasteiger partial charge on any atom is -0.493 e. The first-order valence-corrected chi connectivity index (χ1v) is 11.2. The van der Waals surface area contributed by atoms with E-state index >= 15 is 0 Å². The summed E-state index contributed by atoms with van der Waals surface area (Å²) in [6.07, 6.45) is 3.76. The van der Waals surface area contributed by atoms with E-state index in [0.717, 1.165) is 21.9 Å². The molecule has 3 heterocycles. The number of ether oxygens (including phenoxy) is 2. The first-order valence-electron chi connectivity index (χ1n) is 10.3. The molecule has 0 bridgehead atoms. The molecule has 0 aliphatic heterocycles. The number of thiazole rings is 1. The van der Waals surface area contributed by atoms with Crippen molar-refractivity contribution < 1.29 is 14.3 Å². The molecule has 0 aliphatic carbocycles. The van der Waals surface area contributed by atoms with Gasteiger partial charge in [-0.15, -0.1) is 11.3 Å². The number of hydrogen-bond donors (Lipinski definition) is 1. The standard InChI is InChI=1S/C25H20N4O3S/c1-31-21-9-5-6-10-22(21)32-24-12-11-18(14-26-24)27-23(30)13-19-16-33-25-28-20(15-29(19)25)17-7-3-2-4-8-17/h2-12,14-16H,13H2,1H3,(H,27,30). The van der Waals surface area contributed by atoms with Crippen LogP contribution in [0.25, 0.3) is 16.2 Å². The van der Waals surface area contributed by atoms with E-state index in [-0.39, 0.29) is 12.3 Å². The average Bonchev–Trinajstić information content (AvgIpc) is 3.43. The van der Waals surface area contributed by atoms with Gasteiger partial charge in [0, 0.05) is 28.9 Å². The van der Waals surface area contributed by atoms with Crippen LogP contribution in [0.3, 0.4) is 0 Å². The second kappa shape index (κ2) is 9.13. The molecule has 0 saturated carbocycles. The molecule has 2 aromatic carbocycles. The van der Waals surface area contributed by atoms with Crippen molar-refractivity contribution in [2.24, 2.45) is 0 Å². The van der Waals surface area contributed by atoms with Crippen LogP contribution in [-0.4, -0.2) is 27.4 Å². The molecule has 0 atom stereocenters. The SMILES string of the molecule is COc1ccccc1Oc1ccc(NC(=O)Cc2csc3nc(-c4ccccc4)cn23)cn1. The number of aromatic nitrogens is 3. The van der Waals surface area contributed by atoms with Crippen LogP contribution >= 0.6 is 11.3 Å². The molecule has 0 spiro atoms. The van der Waals surface area contributed by atoms with Gasteiger partial charge in [0.1, 0.15) is 0 Å². The molecule has 164 valence electrons. The van der Waals surface area contributed by atoms with Gasteiger partial charge in [0.05, 0.1) is 31.1 Å². The fourth-order valence-electron chi connectivity index (χ4n) is 3.40. The number of rotatable bonds is 7. The quantitative estimate of drug-likeness (QED) is 0.353. The number of para-hydroxylation sites is 2. The van der Waals surface area contributed by atoms with Gasteiger partial charge < -0.3 is 14.8 Å². The van der Waals surface area contributed by atoms with Gasteiger partial charge in [0.25, 0.3) is 0 Å². The van der Waals surface area contributed by atoms with E-state index in [1.807, 2.05) is 64.5 Å². The van der Waals surface area contributed by atoms with Gasteiger partial charge in [0.15, 0.2) is 16.5 Å². The number of imidazole rings is 1. The maximum atomic E-state index is 12.6. The smallest absolute Gasteiger partial charge is 0.230 e. The van der Waals surface area contributed by atoms with Gasteiger partial charge in [-0.25, -0.2) is 9.97 Å². The number of nitrogens with one attached hydrogen (secondary N) is 1. The maximum absolute atomic E-state index is 12.6. The summed E-state index contributed by atoms with van der Waals surface area (Å²) < 4.78 is 13.0. The summed E-state index contributed by atoms with van der Waals surface area (Å²) in [7, 11) is 1.59. The highest BCUT2D eigenvalue weighted by Crippen LogP contribution is 2.30. The molecule has 7 nitrogen and oxygen atoms in total. The van der Waals surface area contributed by atoms with Crippen LogP contribution < -0.4 is 14.8 Å². The molecule has 0 radical (unpaired) electrons. The van der Waals surface area contributed by atoms with E-state index in [0.29, 0.717) is 23.1 Å². The second-order valence-electron chi connectivity index (χ2n) is 7.23. The lowest BCUT2D eigenvalue weighted by atomic mass is 10.2. The fraction of sp³-hybridized carbons (Fsp3) is 0.0800. The van der Waals surface area contributed by atoms with Crippen molar-refractivity contribution in [2.45, 2.75) is 6.42 Å². The van der Waals surface area contributed by atoms with Gasteiger partial charge in [-0.1, -0.05) is 42.5 Å². The number of hydrogen-bond acceptors (Lipinski definition) is 6. The lowest BCUT2D eigenvalue weighted by molar-refractivity contribution is -0.115. The third kappa shape index (κ3) is 4.56. The van der Waals surface area contributed by atoms with Crippen LogP contribution in [0.4, 0.5) is 5.69 Å². The molecular weight excluding hydrogens is 436 g/mol. The third-order valence-corrected chi connectivity index (χ3v) is 5.89. The van der Waals surface area contributed by atoms with Crippen LogP contribution in [0.5, 0.6) is 17.4 Å². The molecule has 5 aromatic rings. The number of pyridine rings is 1. The summed E-state index contributed by atoms with van der Waals surface area (Å²) in [5, 5.41) is 4.84. The largest absolute Gasteiger partial charge is 0.493 e. The van der Waals surface area contributed by atoms with Crippen LogP contribution in [0, 0.1) is 0 Å². The molecule has 0 aliphatic rings. The van der Waals surface area contributed by atoms with Crippen molar-refractivity contribution in [1.29, 1.82) is 0 Å². The Kier molecular flexibility index (Phi) is 5.73. The predicted molar refractivity (Wildman–Crippen MR) is 128 cm³/mol. The Balaban J connectivity index is 1.25. The topological polar surface area (TPSA) is 77.8 Å². The van der Waals surface area contributed by atoms with Crippen LogP contribution in [0.1, 0.15) is 5.69 Å². The van der Waals surface area contributed by atoms with Crippen molar-refractivity contribution in [3.63, 3.8) is 0 Å². The van der Waals surface area contributed by atoms with Crippen LogP contribution in [-0.2, 0) is 11.2 Å². The summed E-state index contributed by atoms with van der Waals surface area (Å²) >= 11 is 1.52. The number of amides is 1. The van der Waals surface area contributed by atoms with Gasteiger partial charge in [-0.3, -0.25) is 9.20 Å². The van der Waals surface area contributed by atoms with E-state index in [1.165, 1.54) is 11.3 Å². The number of methoxy groups -OCH3 is 1. The zero-order valence-electron chi connectivity index (χ0n) is 17.8. The van der Waals surface area contributed by atoms with E-state index in [2.05, 4.69) is 15.3 Å². The molecule has 33 heavy (non-hydrogen) atoms. The van der Waals surface area contributed by atoms with Crippen molar-refractivity contribution in [3.05, 3.63) is 90.2 Å². The number of carbonyl (C=O) groups is 1. The minimum absolute atomic E-state index is 0.134. The van der Waals surface area contributed by atoms with Gasteiger partial charge in [0.2, 0.25) is 11.8 Å². The molecule has 1 N–H and O–H groups in total. The highest BCUT2D eigenvalue weighted by atomic mass is 32.1. The maximum Gasteiger partial charge on any atom is 0.230 e. The molecule has 3 aromatic heterocycles. The van der Waals surface area contributed by atoms with E-state index in [1.54, 1.807) is 31.5 Å². The number of benzene rings is 2. The molecule has 8 heteroatoms. The van der Waals surface area contributed by atoms with Gasteiger partial charge >= 0.3 is 0 Å². The highest BCUT2D eigenvalue weighted by molar-refractivity contribution is 7.15. The number of nitrogens with zero attached hydrogens (tertiary/aromatic N) is 3. The van der Waals surface area contributed by atoms with E-state index in [9.17, 15) is 4.79 Å². The summed E-state index contributed by atoms with van der Waals surface area (Å²) in [5.74, 6) is 1.46. The molecule has 0 unspecified atom stereocenters. The van der Waals surface area contributed by atoms with Crippen molar-refractivity contribution in [2.75, 3.05) is 12.4 Å². The average molecular weight is 457 g/mol.